The second-order valence-electron chi connectivity index (χ2n) is 5.60. The van der Waals surface area contributed by atoms with Crippen molar-refractivity contribution in [2.24, 2.45) is 0 Å². The van der Waals surface area contributed by atoms with Crippen molar-refractivity contribution in [1.82, 2.24) is 14.7 Å². The maximum Gasteiger partial charge on any atom is 0.438 e. The number of hydrogen-bond acceptors (Lipinski definition) is 5. The summed E-state index contributed by atoms with van der Waals surface area (Å²) in [6, 6.07) is 11.3. The van der Waals surface area contributed by atoms with Gasteiger partial charge in [-0.05, 0) is 42.8 Å². The van der Waals surface area contributed by atoms with Crippen molar-refractivity contribution in [3.63, 3.8) is 0 Å². The van der Waals surface area contributed by atoms with Crippen LogP contribution >= 0.6 is 0 Å². The molecule has 7 nitrogen and oxygen atoms in total. The van der Waals surface area contributed by atoms with E-state index >= 15 is 0 Å². The quantitative estimate of drug-likeness (QED) is 0.568. The number of pyridine rings is 1. The van der Waals surface area contributed by atoms with E-state index in [2.05, 4.69) is 21.6 Å². The molecule has 0 radical (unpaired) electrons. The summed E-state index contributed by atoms with van der Waals surface area (Å²) in [5, 5.41) is 12.6. The number of aromatic nitrogens is 2. The molecule has 2 heterocycles. The molecule has 0 aliphatic heterocycles. The lowest BCUT2D eigenvalue weighted by molar-refractivity contribution is -0.0371. The van der Waals surface area contributed by atoms with Crippen LogP contribution in [0.1, 0.15) is 13.3 Å². The molecule has 130 valence electrons. The molecule has 3 aromatic rings. The predicted molar refractivity (Wildman–Crippen MR) is 94.8 cm³/mol. The van der Waals surface area contributed by atoms with Crippen molar-refractivity contribution in [3.05, 3.63) is 55.0 Å². The third kappa shape index (κ3) is 3.56. The van der Waals surface area contributed by atoms with Gasteiger partial charge in [0.2, 0.25) is 0 Å². The van der Waals surface area contributed by atoms with Crippen LogP contribution in [0.25, 0.3) is 10.9 Å². The van der Waals surface area contributed by atoms with E-state index < -0.39 is 6.09 Å². The van der Waals surface area contributed by atoms with E-state index in [1.54, 1.807) is 24.5 Å². The number of nitrogens with zero attached hydrogens (tertiary/aromatic N) is 4. The SMILES string of the molecule is CCCN(c1ccncc1)n1ccc2cc(OC(=O)N(C)O)ccc21. The van der Waals surface area contributed by atoms with Crippen molar-refractivity contribution in [1.29, 1.82) is 0 Å². The van der Waals surface area contributed by atoms with E-state index in [-0.39, 0.29) is 0 Å². The number of benzene rings is 1. The monoisotopic (exact) mass is 340 g/mol. The number of carbonyl (C=O) groups is 1. The zero-order valence-electron chi connectivity index (χ0n) is 14.2. The first-order chi connectivity index (χ1) is 12.1. The molecular weight excluding hydrogens is 320 g/mol. The highest BCUT2D eigenvalue weighted by atomic mass is 16.6. The minimum absolute atomic E-state index is 0.377. The normalized spacial score (nSPS) is 10.7. The summed E-state index contributed by atoms with van der Waals surface area (Å²) in [5.41, 5.74) is 2.04. The van der Waals surface area contributed by atoms with Crippen molar-refractivity contribution in [2.75, 3.05) is 18.6 Å². The fourth-order valence-corrected chi connectivity index (χ4v) is 2.64. The van der Waals surface area contributed by atoms with Crippen LogP contribution < -0.4 is 9.75 Å². The van der Waals surface area contributed by atoms with Crippen LogP contribution in [0.15, 0.2) is 55.0 Å². The number of amides is 1. The summed E-state index contributed by atoms with van der Waals surface area (Å²) in [6.45, 7) is 2.97. The standard InChI is InChI=1S/C18H20N4O3/c1-3-11-21(15-6-9-19-10-7-15)22-12-8-14-13-16(4-5-17(14)22)25-18(23)20(2)24/h4-10,12-13,24H,3,11H2,1-2H3. The van der Waals surface area contributed by atoms with E-state index in [1.165, 1.54) is 7.05 Å². The second-order valence-corrected chi connectivity index (χ2v) is 5.60. The Morgan fingerprint density at radius 1 is 1.24 bits per heavy atom. The van der Waals surface area contributed by atoms with E-state index in [0.717, 1.165) is 29.6 Å². The molecule has 0 spiro atoms. The number of hydrogen-bond donors (Lipinski definition) is 1. The number of hydroxylamine groups is 2. The highest BCUT2D eigenvalue weighted by Crippen LogP contribution is 2.25. The Hall–Kier alpha value is -3.06. The molecule has 0 bridgehead atoms. The fraction of sp³-hybridized carbons (Fsp3) is 0.222. The van der Waals surface area contributed by atoms with E-state index in [0.29, 0.717) is 10.8 Å². The molecule has 7 heteroatoms. The molecule has 0 unspecified atom stereocenters. The van der Waals surface area contributed by atoms with Gasteiger partial charge < -0.3 is 4.74 Å². The third-order valence-electron chi connectivity index (χ3n) is 3.77. The van der Waals surface area contributed by atoms with Crippen LogP contribution in [0, 0.1) is 0 Å². The first-order valence-corrected chi connectivity index (χ1v) is 8.03. The average molecular weight is 340 g/mol. The molecule has 1 aromatic carbocycles. The molecule has 1 N–H and O–H groups in total. The predicted octanol–water partition coefficient (Wildman–Crippen LogP) is 3.54. The van der Waals surface area contributed by atoms with Crippen molar-refractivity contribution >= 4 is 22.7 Å². The van der Waals surface area contributed by atoms with Crippen molar-refractivity contribution in [3.8, 4) is 5.75 Å². The van der Waals surface area contributed by atoms with Gasteiger partial charge in [0.25, 0.3) is 0 Å². The summed E-state index contributed by atoms with van der Waals surface area (Å²) in [7, 11) is 1.22. The van der Waals surface area contributed by atoms with Crippen molar-refractivity contribution in [2.45, 2.75) is 13.3 Å². The van der Waals surface area contributed by atoms with Crippen LogP contribution in [0.3, 0.4) is 0 Å². The minimum atomic E-state index is -0.830. The zero-order chi connectivity index (χ0) is 17.8. The van der Waals surface area contributed by atoms with E-state index in [1.807, 2.05) is 30.5 Å². The second kappa shape index (κ2) is 7.23. The van der Waals surface area contributed by atoms with Gasteiger partial charge in [-0.15, -0.1) is 0 Å². The topological polar surface area (TPSA) is 70.8 Å². The Balaban J connectivity index is 1.95. The Kier molecular flexibility index (Phi) is 4.85. The van der Waals surface area contributed by atoms with Gasteiger partial charge in [0.05, 0.1) is 11.2 Å². The van der Waals surface area contributed by atoms with Gasteiger partial charge in [-0.2, -0.15) is 5.06 Å². The molecule has 2 aromatic heterocycles. The van der Waals surface area contributed by atoms with Crippen molar-refractivity contribution < 1.29 is 14.7 Å². The molecule has 0 aliphatic rings. The number of ether oxygens (including phenoxy) is 1. The number of rotatable bonds is 5. The number of carbonyl (C=O) groups excluding carboxylic acids is 1. The molecule has 0 fully saturated rings. The van der Waals surface area contributed by atoms with Gasteiger partial charge in [-0.1, -0.05) is 6.92 Å². The summed E-state index contributed by atoms with van der Waals surface area (Å²) >= 11 is 0. The number of anilines is 1. The lowest BCUT2D eigenvalue weighted by Gasteiger charge is -2.26. The Labute approximate surface area is 145 Å². The van der Waals surface area contributed by atoms with Gasteiger partial charge in [-0.25, -0.2) is 4.79 Å². The maximum atomic E-state index is 11.5. The highest BCUT2D eigenvalue weighted by Gasteiger charge is 2.13. The Bertz CT molecular complexity index is 861. The molecule has 0 aliphatic carbocycles. The van der Waals surface area contributed by atoms with Gasteiger partial charge in [-0.3, -0.25) is 19.9 Å². The Morgan fingerprint density at radius 3 is 2.68 bits per heavy atom. The molecule has 0 saturated heterocycles. The van der Waals surface area contributed by atoms with Crippen LogP contribution in [-0.2, 0) is 0 Å². The summed E-state index contributed by atoms with van der Waals surface area (Å²) < 4.78 is 7.16. The smallest absolute Gasteiger partial charge is 0.409 e. The van der Waals surface area contributed by atoms with Crippen LogP contribution in [0.5, 0.6) is 5.75 Å². The van der Waals surface area contributed by atoms with Gasteiger partial charge in [0.15, 0.2) is 0 Å². The Morgan fingerprint density at radius 2 is 2.00 bits per heavy atom. The largest absolute Gasteiger partial charge is 0.438 e. The summed E-state index contributed by atoms with van der Waals surface area (Å²) in [6.07, 6.45) is 5.67. The summed E-state index contributed by atoms with van der Waals surface area (Å²) in [5.74, 6) is 0.377. The molecule has 3 rings (SSSR count). The molecule has 0 saturated carbocycles. The van der Waals surface area contributed by atoms with Crippen LogP contribution in [-0.4, -0.2) is 39.6 Å². The van der Waals surface area contributed by atoms with Gasteiger partial charge in [0, 0.05) is 37.6 Å². The lowest BCUT2D eigenvalue weighted by Crippen LogP contribution is -2.29. The van der Waals surface area contributed by atoms with Crippen LogP contribution in [0.2, 0.25) is 0 Å². The first-order valence-electron chi connectivity index (χ1n) is 8.03. The average Bonchev–Trinajstić information content (AvgIpc) is 3.03. The number of fused-ring (bicyclic) bond motifs is 1. The highest BCUT2D eigenvalue weighted by molar-refractivity contribution is 5.83. The minimum Gasteiger partial charge on any atom is -0.409 e. The van der Waals surface area contributed by atoms with E-state index in [4.69, 9.17) is 9.94 Å². The lowest BCUT2D eigenvalue weighted by atomic mass is 10.2. The molecule has 1 amide bonds. The molecular formula is C18H20N4O3. The zero-order valence-corrected chi connectivity index (χ0v) is 14.2. The third-order valence-corrected chi connectivity index (χ3v) is 3.77. The maximum absolute atomic E-state index is 11.5. The molecule has 25 heavy (non-hydrogen) atoms. The first kappa shape index (κ1) is 16.8. The van der Waals surface area contributed by atoms with Gasteiger partial charge >= 0.3 is 6.09 Å². The summed E-state index contributed by atoms with van der Waals surface area (Å²) in [4.78, 5) is 15.5. The van der Waals surface area contributed by atoms with E-state index in [9.17, 15) is 4.79 Å². The molecule has 0 atom stereocenters. The van der Waals surface area contributed by atoms with Gasteiger partial charge in [0.1, 0.15) is 5.75 Å². The fourth-order valence-electron chi connectivity index (χ4n) is 2.64. The van der Waals surface area contributed by atoms with Crippen LogP contribution in [0.4, 0.5) is 10.5 Å².